The van der Waals surface area contributed by atoms with Crippen LogP contribution in [0, 0.1) is 17.3 Å². The first kappa shape index (κ1) is 13.3. The zero-order valence-corrected chi connectivity index (χ0v) is 12.4. The first-order valence-electron chi connectivity index (χ1n) is 8.01. The second kappa shape index (κ2) is 4.32. The SMILES string of the molecule is C[C@@H](NC(=O)c1ncc[nH]1)C12C[C@H]3C[C@@H](CC(O)(C3)C1)C2. The molecule has 1 heterocycles. The van der Waals surface area contributed by atoms with E-state index in [0.29, 0.717) is 17.7 Å². The minimum Gasteiger partial charge on any atom is -0.390 e. The molecular weight excluding hydrogens is 266 g/mol. The van der Waals surface area contributed by atoms with E-state index in [1.807, 2.05) is 0 Å². The van der Waals surface area contributed by atoms with Gasteiger partial charge in [-0.25, -0.2) is 4.98 Å². The van der Waals surface area contributed by atoms with Crippen LogP contribution in [0.5, 0.6) is 0 Å². The molecular formula is C16H23N3O2. The second-order valence-electron chi connectivity index (χ2n) is 7.68. The number of aromatic amines is 1. The monoisotopic (exact) mass is 289 g/mol. The van der Waals surface area contributed by atoms with Crippen LogP contribution in [0.1, 0.15) is 56.1 Å². The average molecular weight is 289 g/mol. The maximum atomic E-state index is 12.2. The lowest BCUT2D eigenvalue weighted by atomic mass is 9.46. The molecule has 5 heteroatoms. The van der Waals surface area contributed by atoms with Crippen molar-refractivity contribution in [1.29, 1.82) is 0 Å². The van der Waals surface area contributed by atoms with Gasteiger partial charge in [-0.15, -0.1) is 0 Å². The Hall–Kier alpha value is -1.36. The minimum absolute atomic E-state index is 0.0705. The molecule has 4 bridgehead atoms. The summed E-state index contributed by atoms with van der Waals surface area (Å²) < 4.78 is 0. The van der Waals surface area contributed by atoms with Crippen molar-refractivity contribution in [2.45, 2.75) is 57.1 Å². The molecule has 0 aliphatic heterocycles. The van der Waals surface area contributed by atoms with Gasteiger partial charge in [-0.05, 0) is 62.7 Å². The molecule has 4 saturated carbocycles. The number of imidazole rings is 1. The summed E-state index contributed by atoms with van der Waals surface area (Å²) in [6.45, 7) is 2.09. The third kappa shape index (κ3) is 2.09. The van der Waals surface area contributed by atoms with E-state index in [2.05, 4.69) is 22.2 Å². The molecule has 4 aliphatic rings. The van der Waals surface area contributed by atoms with Crippen LogP contribution in [0.3, 0.4) is 0 Å². The fourth-order valence-corrected chi connectivity index (χ4v) is 5.60. The summed E-state index contributed by atoms with van der Waals surface area (Å²) in [5.74, 6) is 1.50. The van der Waals surface area contributed by atoms with E-state index >= 15 is 0 Å². The van der Waals surface area contributed by atoms with Crippen molar-refractivity contribution in [1.82, 2.24) is 15.3 Å². The molecule has 3 N–H and O–H groups in total. The van der Waals surface area contributed by atoms with E-state index < -0.39 is 5.60 Å². The minimum atomic E-state index is -0.478. The Bertz CT molecular complexity index is 540. The number of aromatic nitrogens is 2. The molecule has 1 aromatic rings. The quantitative estimate of drug-likeness (QED) is 0.794. The number of H-pyrrole nitrogens is 1. The molecule has 114 valence electrons. The van der Waals surface area contributed by atoms with Gasteiger partial charge in [-0.1, -0.05) is 0 Å². The van der Waals surface area contributed by atoms with Crippen LogP contribution in [0.2, 0.25) is 0 Å². The van der Waals surface area contributed by atoms with Crippen LogP contribution in [0.25, 0.3) is 0 Å². The summed E-state index contributed by atoms with van der Waals surface area (Å²) >= 11 is 0. The Balaban J connectivity index is 1.54. The highest BCUT2D eigenvalue weighted by Crippen LogP contribution is 2.62. The van der Waals surface area contributed by atoms with Crippen molar-refractivity contribution in [3.63, 3.8) is 0 Å². The van der Waals surface area contributed by atoms with E-state index in [9.17, 15) is 9.90 Å². The molecule has 0 radical (unpaired) electrons. The van der Waals surface area contributed by atoms with Crippen LogP contribution in [0.15, 0.2) is 12.4 Å². The Morgan fingerprint density at radius 3 is 2.71 bits per heavy atom. The van der Waals surface area contributed by atoms with E-state index in [4.69, 9.17) is 0 Å². The first-order valence-corrected chi connectivity index (χ1v) is 8.01. The number of amides is 1. The van der Waals surface area contributed by atoms with Crippen LogP contribution in [-0.4, -0.2) is 32.6 Å². The maximum absolute atomic E-state index is 12.2. The summed E-state index contributed by atoms with van der Waals surface area (Å²) in [7, 11) is 0. The Morgan fingerprint density at radius 1 is 1.43 bits per heavy atom. The van der Waals surface area contributed by atoms with Crippen molar-refractivity contribution in [3.05, 3.63) is 18.2 Å². The summed E-state index contributed by atoms with van der Waals surface area (Å²) in [4.78, 5) is 19.1. The predicted molar refractivity (Wildman–Crippen MR) is 77.6 cm³/mol. The van der Waals surface area contributed by atoms with Gasteiger partial charge < -0.3 is 15.4 Å². The van der Waals surface area contributed by atoms with Crippen molar-refractivity contribution >= 4 is 5.91 Å². The van der Waals surface area contributed by atoms with Gasteiger partial charge in [0, 0.05) is 18.4 Å². The summed E-state index contributed by atoms with van der Waals surface area (Å²) in [5, 5.41) is 13.9. The summed E-state index contributed by atoms with van der Waals surface area (Å²) in [6, 6.07) is 0.0764. The fraction of sp³-hybridized carbons (Fsp3) is 0.750. The number of carbonyl (C=O) groups is 1. The average Bonchev–Trinajstić information content (AvgIpc) is 2.89. The smallest absolute Gasteiger partial charge is 0.287 e. The molecule has 21 heavy (non-hydrogen) atoms. The van der Waals surface area contributed by atoms with Crippen molar-refractivity contribution in [2.75, 3.05) is 0 Å². The number of hydrogen-bond acceptors (Lipinski definition) is 3. The molecule has 3 atom stereocenters. The molecule has 0 spiro atoms. The standard InChI is InChI=1S/C16H23N3O2/c1-10(19-14(20)13-17-2-3-18-13)15-5-11-4-12(6-15)8-16(21,7-11)9-15/h2-3,10-12,21H,4-9H2,1H3,(H,17,18)(H,19,20)/t10-,11-,12-,15?,16?/m1/s1. The van der Waals surface area contributed by atoms with Gasteiger partial charge in [-0.3, -0.25) is 4.79 Å². The molecule has 5 rings (SSSR count). The molecule has 1 aromatic heterocycles. The number of nitrogens with zero attached hydrogens (tertiary/aromatic N) is 1. The molecule has 0 unspecified atom stereocenters. The third-order valence-electron chi connectivity index (χ3n) is 6.05. The first-order chi connectivity index (χ1) is 9.98. The maximum Gasteiger partial charge on any atom is 0.287 e. The Kier molecular flexibility index (Phi) is 2.74. The molecule has 4 fully saturated rings. The van der Waals surface area contributed by atoms with E-state index in [1.165, 1.54) is 6.42 Å². The van der Waals surface area contributed by atoms with Gasteiger partial charge in [-0.2, -0.15) is 0 Å². The van der Waals surface area contributed by atoms with Gasteiger partial charge in [0.1, 0.15) is 0 Å². The number of carbonyl (C=O) groups excluding carboxylic acids is 1. The van der Waals surface area contributed by atoms with Crippen molar-refractivity contribution < 1.29 is 9.90 Å². The number of rotatable bonds is 3. The lowest BCUT2D eigenvalue weighted by Gasteiger charge is -2.62. The normalized spacial score (nSPS) is 42.0. The molecule has 1 amide bonds. The number of hydrogen-bond donors (Lipinski definition) is 3. The zero-order valence-electron chi connectivity index (χ0n) is 12.4. The topological polar surface area (TPSA) is 78.0 Å². The van der Waals surface area contributed by atoms with Crippen molar-refractivity contribution in [3.8, 4) is 0 Å². The fourth-order valence-electron chi connectivity index (χ4n) is 5.60. The summed E-state index contributed by atoms with van der Waals surface area (Å²) in [5.41, 5.74) is -0.408. The van der Waals surface area contributed by atoms with Crippen LogP contribution in [-0.2, 0) is 0 Å². The van der Waals surface area contributed by atoms with Gasteiger partial charge in [0.2, 0.25) is 0 Å². The van der Waals surface area contributed by atoms with Gasteiger partial charge in [0.15, 0.2) is 5.82 Å². The number of aliphatic hydroxyl groups is 1. The number of nitrogens with one attached hydrogen (secondary N) is 2. The van der Waals surface area contributed by atoms with Gasteiger partial charge in [0.05, 0.1) is 5.60 Å². The highest BCUT2D eigenvalue weighted by Gasteiger charge is 2.59. The van der Waals surface area contributed by atoms with Crippen LogP contribution in [0.4, 0.5) is 0 Å². The lowest BCUT2D eigenvalue weighted by molar-refractivity contribution is -0.171. The lowest BCUT2D eigenvalue weighted by Crippen LogP contribution is -2.61. The Morgan fingerprint density at radius 2 is 2.14 bits per heavy atom. The highest BCUT2D eigenvalue weighted by atomic mass is 16.3. The van der Waals surface area contributed by atoms with Crippen LogP contribution < -0.4 is 5.32 Å². The largest absolute Gasteiger partial charge is 0.390 e. The second-order valence-corrected chi connectivity index (χ2v) is 7.68. The predicted octanol–water partition coefficient (Wildman–Crippen LogP) is 1.86. The molecule has 0 aromatic carbocycles. The third-order valence-corrected chi connectivity index (χ3v) is 6.05. The van der Waals surface area contributed by atoms with Crippen LogP contribution >= 0.6 is 0 Å². The summed E-state index contributed by atoms with van der Waals surface area (Å²) in [6.07, 6.45) is 9.57. The van der Waals surface area contributed by atoms with E-state index in [1.54, 1.807) is 12.4 Å². The zero-order chi connectivity index (χ0) is 14.7. The Labute approximate surface area is 124 Å². The van der Waals surface area contributed by atoms with Gasteiger partial charge >= 0.3 is 0 Å². The van der Waals surface area contributed by atoms with E-state index in [0.717, 1.165) is 32.1 Å². The molecule has 0 saturated heterocycles. The molecule has 5 nitrogen and oxygen atoms in total. The highest BCUT2D eigenvalue weighted by molar-refractivity contribution is 5.90. The van der Waals surface area contributed by atoms with Crippen molar-refractivity contribution in [2.24, 2.45) is 17.3 Å². The van der Waals surface area contributed by atoms with E-state index in [-0.39, 0.29) is 17.4 Å². The van der Waals surface area contributed by atoms with Gasteiger partial charge in [0.25, 0.3) is 5.91 Å². The molecule has 4 aliphatic carbocycles.